The monoisotopic (exact) mass is 551 g/mol. The number of halogens is 1. The summed E-state index contributed by atoms with van der Waals surface area (Å²) in [5.41, 5.74) is -0.457. The van der Waals surface area contributed by atoms with Crippen LogP contribution < -0.4 is 5.32 Å². The van der Waals surface area contributed by atoms with E-state index in [9.17, 15) is 4.79 Å². The van der Waals surface area contributed by atoms with E-state index >= 15 is 0 Å². The van der Waals surface area contributed by atoms with Crippen molar-refractivity contribution in [1.82, 2.24) is 20.1 Å². The number of ether oxygens (including phenoxy) is 1. The average Bonchev–Trinajstić information content (AvgIpc) is 3.07. The van der Waals surface area contributed by atoms with Gasteiger partial charge in [0.15, 0.2) is 5.96 Å². The van der Waals surface area contributed by atoms with Gasteiger partial charge in [-0.1, -0.05) is 0 Å². The number of carbonyl (C=O) groups excluding carboxylic acids is 1. The molecule has 0 bridgehead atoms. The van der Waals surface area contributed by atoms with E-state index in [-0.39, 0.29) is 30.1 Å². The lowest BCUT2D eigenvalue weighted by Gasteiger charge is -2.36. The van der Waals surface area contributed by atoms with Gasteiger partial charge in [0.05, 0.1) is 6.54 Å². The Morgan fingerprint density at radius 3 is 2.53 bits per heavy atom. The van der Waals surface area contributed by atoms with Crippen molar-refractivity contribution in [2.45, 2.75) is 66.5 Å². The Labute approximate surface area is 202 Å². The summed E-state index contributed by atoms with van der Waals surface area (Å²) >= 11 is 1.70. The molecule has 1 fully saturated rings. The number of likely N-dealkylation sites (tertiary alicyclic amines) is 1. The molecule has 0 aromatic carbocycles. The summed E-state index contributed by atoms with van der Waals surface area (Å²) in [4.78, 5) is 27.0. The summed E-state index contributed by atoms with van der Waals surface area (Å²) in [6, 6.07) is 0. The van der Waals surface area contributed by atoms with Crippen LogP contribution >= 0.6 is 35.3 Å². The number of rotatable bonds is 6. The first-order valence-corrected chi connectivity index (χ1v) is 11.5. The van der Waals surface area contributed by atoms with E-state index < -0.39 is 5.60 Å². The number of carbonyl (C=O) groups is 1. The standard InChI is InChI=1S/C21H37N5O2S.HI/c1-7-22-19(24-14-18-23-13-16(3)29-18)26-11-9-17(10-12-26)15-25(8-2)20(27)28-21(4,5)6;/h13,17H,7-12,14-15H2,1-6H3,(H,22,24);1H. The molecule has 1 aromatic rings. The number of aromatic nitrogens is 1. The number of piperidine rings is 1. The molecule has 2 rings (SSSR count). The molecule has 1 aromatic heterocycles. The van der Waals surface area contributed by atoms with Crippen molar-refractivity contribution in [1.29, 1.82) is 0 Å². The lowest BCUT2D eigenvalue weighted by atomic mass is 9.96. The van der Waals surface area contributed by atoms with E-state index in [1.165, 1.54) is 4.88 Å². The van der Waals surface area contributed by atoms with E-state index in [0.717, 1.165) is 50.0 Å². The number of hydrogen-bond donors (Lipinski definition) is 1. The first kappa shape index (κ1) is 26.9. The lowest BCUT2D eigenvalue weighted by molar-refractivity contribution is 0.0214. The predicted octanol–water partition coefficient (Wildman–Crippen LogP) is 4.50. The van der Waals surface area contributed by atoms with Gasteiger partial charge in [-0.3, -0.25) is 0 Å². The molecule has 1 N–H and O–H groups in total. The van der Waals surface area contributed by atoms with Crippen molar-refractivity contribution in [3.8, 4) is 0 Å². The molecule has 1 amide bonds. The van der Waals surface area contributed by atoms with Crippen LogP contribution in [0.25, 0.3) is 0 Å². The molecule has 2 heterocycles. The normalized spacial score (nSPS) is 15.5. The quantitative estimate of drug-likeness (QED) is 0.320. The van der Waals surface area contributed by atoms with Crippen molar-refractivity contribution in [2.24, 2.45) is 10.9 Å². The minimum absolute atomic E-state index is 0. The summed E-state index contributed by atoms with van der Waals surface area (Å²) < 4.78 is 5.54. The maximum Gasteiger partial charge on any atom is 0.410 e. The highest BCUT2D eigenvalue weighted by molar-refractivity contribution is 14.0. The second kappa shape index (κ2) is 12.7. The molecule has 172 valence electrons. The molecule has 1 saturated heterocycles. The summed E-state index contributed by atoms with van der Waals surface area (Å²) in [5.74, 6) is 1.45. The van der Waals surface area contributed by atoms with Crippen LogP contribution in [-0.4, -0.2) is 65.2 Å². The molecule has 0 saturated carbocycles. The maximum atomic E-state index is 12.4. The molecule has 0 aliphatic carbocycles. The Morgan fingerprint density at radius 1 is 1.37 bits per heavy atom. The molecule has 0 spiro atoms. The third kappa shape index (κ3) is 8.95. The van der Waals surface area contributed by atoms with Crippen molar-refractivity contribution < 1.29 is 9.53 Å². The van der Waals surface area contributed by atoms with Gasteiger partial charge in [-0.05, 0) is 60.3 Å². The second-order valence-electron chi connectivity index (χ2n) is 8.48. The van der Waals surface area contributed by atoms with Gasteiger partial charge in [-0.2, -0.15) is 0 Å². The Kier molecular flexibility index (Phi) is 11.4. The number of aliphatic imine (C=N–C) groups is 1. The number of aryl methyl sites for hydroxylation is 1. The smallest absolute Gasteiger partial charge is 0.410 e. The first-order valence-electron chi connectivity index (χ1n) is 10.6. The van der Waals surface area contributed by atoms with Gasteiger partial charge in [0.1, 0.15) is 10.6 Å². The van der Waals surface area contributed by atoms with Gasteiger partial charge in [0.2, 0.25) is 0 Å². The van der Waals surface area contributed by atoms with Crippen LogP contribution in [-0.2, 0) is 11.3 Å². The van der Waals surface area contributed by atoms with E-state index in [1.54, 1.807) is 11.3 Å². The lowest BCUT2D eigenvalue weighted by Crippen LogP contribution is -2.47. The fourth-order valence-electron chi connectivity index (χ4n) is 3.34. The molecule has 30 heavy (non-hydrogen) atoms. The Hall–Kier alpha value is -1.10. The largest absolute Gasteiger partial charge is 0.444 e. The van der Waals surface area contributed by atoms with Crippen molar-refractivity contribution in [2.75, 3.05) is 32.7 Å². The van der Waals surface area contributed by atoms with Crippen molar-refractivity contribution in [3.63, 3.8) is 0 Å². The third-order valence-corrected chi connectivity index (χ3v) is 5.69. The van der Waals surface area contributed by atoms with Gasteiger partial charge in [-0.15, -0.1) is 35.3 Å². The summed E-state index contributed by atoms with van der Waals surface area (Å²) in [6.45, 7) is 16.7. The average molecular weight is 552 g/mol. The molecule has 9 heteroatoms. The summed E-state index contributed by atoms with van der Waals surface area (Å²) in [7, 11) is 0. The van der Waals surface area contributed by atoms with Gasteiger partial charge < -0.3 is 19.9 Å². The zero-order valence-corrected chi connectivity index (χ0v) is 22.4. The Morgan fingerprint density at radius 2 is 2.03 bits per heavy atom. The van der Waals surface area contributed by atoms with Crippen molar-refractivity contribution >= 4 is 47.4 Å². The van der Waals surface area contributed by atoms with Gasteiger partial charge in [-0.25, -0.2) is 14.8 Å². The molecular weight excluding hydrogens is 513 g/mol. The van der Waals surface area contributed by atoms with E-state index in [1.807, 2.05) is 38.8 Å². The predicted molar refractivity (Wildman–Crippen MR) is 135 cm³/mol. The van der Waals surface area contributed by atoms with Gasteiger partial charge >= 0.3 is 6.09 Å². The van der Waals surface area contributed by atoms with Crippen LogP contribution in [0.5, 0.6) is 0 Å². The molecule has 0 unspecified atom stereocenters. The molecule has 0 radical (unpaired) electrons. The fourth-order valence-corrected chi connectivity index (χ4v) is 4.05. The van der Waals surface area contributed by atoms with E-state index in [0.29, 0.717) is 19.0 Å². The minimum atomic E-state index is -0.457. The third-order valence-electron chi connectivity index (χ3n) is 4.79. The van der Waals surface area contributed by atoms with Crippen LogP contribution in [0.2, 0.25) is 0 Å². The van der Waals surface area contributed by atoms with Crippen LogP contribution in [0.15, 0.2) is 11.2 Å². The highest BCUT2D eigenvalue weighted by atomic mass is 127. The van der Waals surface area contributed by atoms with Gasteiger partial charge in [0, 0.05) is 43.8 Å². The van der Waals surface area contributed by atoms with Crippen LogP contribution in [0.1, 0.15) is 57.3 Å². The summed E-state index contributed by atoms with van der Waals surface area (Å²) in [5, 5.41) is 4.45. The van der Waals surface area contributed by atoms with Crippen molar-refractivity contribution in [3.05, 3.63) is 16.1 Å². The molecule has 1 aliphatic rings. The van der Waals surface area contributed by atoms with Crippen LogP contribution in [0.4, 0.5) is 4.79 Å². The van der Waals surface area contributed by atoms with Gasteiger partial charge in [0.25, 0.3) is 0 Å². The highest BCUT2D eigenvalue weighted by Gasteiger charge is 2.27. The number of nitrogens with one attached hydrogen (secondary N) is 1. The first-order chi connectivity index (χ1) is 13.7. The van der Waals surface area contributed by atoms with E-state index in [4.69, 9.17) is 9.73 Å². The Bertz CT molecular complexity index is 681. The molecule has 1 aliphatic heterocycles. The van der Waals surface area contributed by atoms with E-state index in [2.05, 4.69) is 29.0 Å². The molecule has 7 nitrogen and oxygen atoms in total. The fraction of sp³-hybridized carbons (Fsp3) is 0.762. The number of hydrogen-bond acceptors (Lipinski definition) is 5. The van der Waals surface area contributed by atoms with Crippen LogP contribution in [0.3, 0.4) is 0 Å². The number of amides is 1. The number of guanidine groups is 1. The van der Waals surface area contributed by atoms with Crippen LogP contribution in [0, 0.1) is 12.8 Å². The maximum absolute atomic E-state index is 12.4. The number of thiazole rings is 1. The minimum Gasteiger partial charge on any atom is -0.444 e. The zero-order valence-electron chi connectivity index (χ0n) is 19.2. The second-order valence-corrected chi connectivity index (χ2v) is 9.80. The Balaban J connectivity index is 0.00000450. The highest BCUT2D eigenvalue weighted by Crippen LogP contribution is 2.20. The number of nitrogens with zero attached hydrogens (tertiary/aromatic N) is 4. The molecule has 0 atom stereocenters. The molecular formula is C21H38IN5O2S. The topological polar surface area (TPSA) is 70.1 Å². The zero-order chi connectivity index (χ0) is 21.4. The SMILES string of the molecule is CCNC(=NCc1ncc(C)s1)N1CCC(CN(CC)C(=O)OC(C)(C)C)CC1.I. The summed E-state index contributed by atoms with van der Waals surface area (Å²) in [6.07, 6.45) is 3.77.